The van der Waals surface area contributed by atoms with Crippen molar-refractivity contribution in [3.63, 3.8) is 0 Å². The van der Waals surface area contributed by atoms with Gasteiger partial charge in [-0.3, -0.25) is 9.59 Å². The third-order valence-corrected chi connectivity index (χ3v) is 6.26. The van der Waals surface area contributed by atoms with Gasteiger partial charge in [0.15, 0.2) is 0 Å². The molecule has 0 bridgehead atoms. The van der Waals surface area contributed by atoms with Crippen molar-refractivity contribution in [2.45, 2.75) is 64.5 Å². The van der Waals surface area contributed by atoms with E-state index >= 15 is 0 Å². The van der Waals surface area contributed by atoms with Crippen molar-refractivity contribution < 1.29 is 9.59 Å². The van der Waals surface area contributed by atoms with Crippen molar-refractivity contribution in [1.29, 1.82) is 0 Å². The maximum absolute atomic E-state index is 12.8. The Morgan fingerprint density at radius 2 is 1.78 bits per heavy atom. The molecule has 168 valence electrons. The summed E-state index contributed by atoms with van der Waals surface area (Å²) in [6.07, 6.45) is 7.25. The highest BCUT2D eigenvalue weighted by Gasteiger charge is 2.18. The van der Waals surface area contributed by atoms with Crippen molar-refractivity contribution in [3.05, 3.63) is 65.5 Å². The van der Waals surface area contributed by atoms with Crippen LogP contribution in [-0.4, -0.2) is 34.0 Å². The van der Waals surface area contributed by atoms with Gasteiger partial charge in [0.25, 0.3) is 5.91 Å². The molecule has 0 unspecified atom stereocenters. The van der Waals surface area contributed by atoms with E-state index in [9.17, 15) is 9.59 Å². The van der Waals surface area contributed by atoms with Crippen molar-refractivity contribution in [1.82, 2.24) is 20.2 Å². The van der Waals surface area contributed by atoms with E-state index < -0.39 is 0 Å². The molecule has 6 heteroatoms. The molecule has 1 fully saturated rings. The fraction of sp³-hybridized carbons (Fsp3) is 0.423. The largest absolute Gasteiger partial charge is 0.352 e. The van der Waals surface area contributed by atoms with Crippen LogP contribution < -0.4 is 10.6 Å². The fourth-order valence-electron chi connectivity index (χ4n) is 4.53. The molecule has 3 aromatic rings. The molecule has 1 aliphatic rings. The normalized spacial score (nSPS) is 14.4. The van der Waals surface area contributed by atoms with Gasteiger partial charge >= 0.3 is 0 Å². The molecule has 1 aliphatic carbocycles. The summed E-state index contributed by atoms with van der Waals surface area (Å²) in [6.45, 7) is 2.78. The second-order valence-electron chi connectivity index (χ2n) is 8.68. The molecule has 2 aromatic carbocycles. The summed E-state index contributed by atoms with van der Waals surface area (Å²) in [6, 6.07) is 15.8. The van der Waals surface area contributed by atoms with Crippen LogP contribution in [0.25, 0.3) is 11.0 Å². The van der Waals surface area contributed by atoms with Crippen LogP contribution in [0, 0.1) is 6.92 Å². The fourth-order valence-corrected chi connectivity index (χ4v) is 4.53. The summed E-state index contributed by atoms with van der Waals surface area (Å²) in [4.78, 5) is 30.0. The molecular weight excluding hydrogens is 400 g/mol. The number of aryl methyl sites for hydroxylation is 2. The van der Waals surface area contributed by atoms with E-state index in [1.807, 2.05) is 60.0 Å². The lowest BCUT2D eigenvalue weighted by Gasteiger charge is -2.23. The molecule has 0 radical (unpaired) electrons. The van der Waals surface area contributed by atoms with E-state index in [0.29, 0.717) is 24.6 Å². The maximum atomic E-state index is 12.8. The quantitative estimate of drug-likeness (QED) is 0.525. The van der Waals surface area contributed by atoms with Crippen LogP contribution in [-0.2, 0) is 17.8 Å². The molecule has 1 aromatic heterocycles. The van der Waals surface area contributed by atoms with E-state index in [2.05, 4.69) is 10.6 Å². The average Bonchev–Trinajstić information content (AvgIpc) is 3.14. The summed E-state index contributed by atoms with van der Waals surface area (Å²) in [5.74, 6) is 0.882. The number of rotatable bonds is 8. The number of carbonyl (C=O) groups is 2. The van der Waals surface area contributed by atoms with E-state index in [-0.39, 0.29) is 18.4 Å². The van der Waals surface area contributed by atoms with Gasteiger partial charge in [0, 0.05) is 24.6 Å². The Hall–Kier alpha value is -3.15. The van der Waals surface area contributed by atoms with Crippen LogP contribution >= 0.6 is 0 Å². The predicted molar refractivity (Wildman–Crippen MR) is 127 cm³/mol. The Bertz CT molecular complexity index is 1080. The number of nitrogens with one attached hydrogen (secondary N) is 2. The van der Waals surface area contributed by atoms with Gasteiger partial charge in [0.05, 0.1) is 11.0 Å². The Labute approximate surface area is 189 Å². The molecule has 6 nitrogen and oxygen atoms in total. The van der Waals surface area contributed by atoms with Gasteiger partial charge in [-0.15, -0.1) is 0 Å². The second kappa shape index (κ2) is 10.4. The van der Waals surface area contributed by atoms with Crippen LogP contribution in [0.1, 0.15) is 60.3 Å². The number of para-hydroxylation sites is 2. The minimum absolute atomic E-state index is 0.0501. The van der Waals surface area contributed by atoms with Crippen LogP contribution in [0.3, 0.4) is 0 Å². The lowest BCUT2D eigenvalue weighted by Crippen LogP contribution is -2.38. The molecule has 0 saturated heterocycles. The second-order valence-corrected chi connectivity index (χ2v) is 8.68. The van der Waals surface area contributed by atoms with Gasteiger partial charge in [0.2, 0.25) is 5.91 Å². The van der Waals surface area contributed by atoms with Crippen LogP contribution in [0.15, 0.2) is 48.5 Å². The third-order valence-electron chi connectivity index (χ3n) is 6.26. The van der Waals surface area contributed by atoms with Gasteiger partial charge in [-0.1, -0.05) is 49.6 Å². The van der Waals surface area contributed by atoms with Crippen LogP contribution in [0.4, 0.5) is 0 Å². The molecule has 2 amide bonds. The minimum Gasteiger partial charge on any atom is -0.352 e. The third kappa shape index (κ3) is 5.36. The Balaban J connectivity index is 1.38. The molecule has 4 rings (SSSR count). The summed E-state index contributed by atoms with van der Waals surface area (Å²) < 4.78 is 2.02. The molecular formula is C26H32N4O2. The minimum atomic E-state index is -0.0523. The van der Waals surface area contributed by atoms with E-state index in [1.54, 1.807) is 0 Å². The Morgan fingerprint density at radius 1 is 1.03 bits per heavy atom. The van der Waals surface area contributed by atoms with Gasteiger partial charge in [-0.25, -0.2) is 4.98 Å². The molecule has 2 N–H and O–H groups in total. The van der Waals surface area contributed by atoms with E-state index in [1.165, 1.54) is 19.3 Å². The number of hydrogen-bond donors (Lipinski definition) is 2. The molecule has 0 atom stereocenters. The van der Waals surface area contributed by atoms with Crippen LogP contribution in [0.5, 0.6) is 0 Å². The monoisotopic (exact) mass is 432 g/mol. The zero-order chi connectivity index (χ0) is 22.3. The summed E-state index contributed by atoms with van der Waals surface area (Å²) >= 11 is 0. The molecule has 0 aliphatic heterocycles. The van der Waals surface area contributed by atoms with Crippen LogP contribution in [0.2, 0.25) is 0 Å². The first-order valence-electron chi connectivity index (χ1n) is 11.7. The predicted octanol–water partition coefficient (Wildman–Crippen LogP) is 4.16. The lowest BCUT2D eigenvalue weighted by atomic mass is 9.95. The number of aromatic nitrogens is 2. The maximum Gasteiger partial charge on any atom is 0.251 e. The van der Waals surface area contributed by atoms with Gasteiger partial charge < -0.3 is 15.2 Å². The molecule has 1 saturated carbocycles. The summed E-state index contributed by atoms with van der Waals surface area (Å²) in [5.41, 5.74) is 3.55. The zero-order valence-corrected chi connectivity index (χ0v) is 18.8. The first kappa shape index (κ1) is 22.1. The average molecular weight is 433 g/mol. The number of hydrogen-bond acceptors (Lipinski definition) is 3. The number of fused-ring (bicyclic) bond motifs is 1. The summed E-state index contributed by atoms with van der Waals surface area (Å²) in [5, 5.41) is 6.21. The van der Waals surface area contributed by atoms with E-state index in [4.69, 9.17) is 4.98 Å². The number of benzene rings is 2. The zero-order valence-electron chi connectivity index (χ0n) is 18.8. The van der Waals surface area contributed by atoms with Crippen molar-refractivity contribution in [2.24, 2.45) is 0 Å². The van der Waals surface area contributed by atoms with Crippen molar-refractivity contribution in [3.8, 4) is 0 Å². The smallest absolute Gasteiger partial charge is 0.251 e. The van der Waals surface area contributed by atoms with E-state index in [0.717, 1.165) is 41.7 Å². The first-order chi connectivity index (χ1) is 15.6. The summed E-state index contributed by atoms with van der Waals surface area (Å²) in [7, 11) is 0. The number of nitrogens with zero attached hydrogens (tertiary/aromatic N) is 2. The van der Waals surface area contributed by atoms with Crippen molar-refractivity contribution >= 4 is 22.8 Å². The number of imidazole rings is 1. The Kier molecular flexibility index (Phi) is 7.20. The highest BCUT2D eigenvalue weighted by atomic mass is 16.2. The van der Waals surface area contributed by atoms with Gasteiger partial charge in [0.1, 0.15) is 12.4 Å². The van der Waals surface area contributed by atoms with Gasteiger partial charge in [-0.05, 0) is 49.9 Å². The highest BCUT2D eigenvalue weighted by Crippen LogP contribution is 2.19. The standard InChI is InChI=1S/C26H32N4O2/c1-19-10-5-6-13-21(19)26(32)27-17-9-16-24-29-22-14-7-8-15-23(22)30(24)18-25(31)28-20-11-3-2-4-12-20/h5-8,10,13-15,20H,2-4,9,11-12,16-18H2,1H3,(H,27,32)(H,28,31). The molecule has 0 spiro atoms. The SMILES string of the molecule is Cc1ccccc1C(=O)NCCCc1nc2ccccc2n1CC(=O)NC1CCCCC1. The molecule has 32 heavy (non-hydrogen) atoms. The number of amides is 2. The first-order valence-corrected chi connectivity index (χ1v) is 11.7. The topological polar surface area (TPSA) is 76.0 Å². The van der Waals surface area contributed by atoms with Crippen molar-refractivity contribution in [2.75, 3.05) is 6.54 Å². The lowest BCUT2D eigenvalue weighted by molar-refractivity contribution is -0.122. The Morgan fingerprint density at radius 3 is 2.59 bits per heavy atom. The number of carbonyl (C=O) groups excluding carboxylic acids is 2. The molecule has 1 heterocycles. The van der Waals surface area contributed by atoms with Gasteiger partial charge in [-0.2, -0.15) is 0 Å². The highest BCUT2D eigenvalue weighted by molar-refractivity contribution is 5.95.